The van der Waals surface area contributed by atoms with E-state index in [0.29, 0.717) is 24.1 Å². The highest BCUT2D eigenvalue weighted by Crippen LogP contribution is 2.25. The topological polar surface area (TPSA) is 69.0 Å². The molecule has 6 nitrogen and oxygen atoms in total. The van der Waals surface area contributed by atoms with E-state index in [9.17, 15) is 4.79 Å². The average molecular weight is 455 g/mol. The Kier molecular flexibility index (Phi) is 8.20. The van der Waals surface area contributed by atoms with Gasteiger partial charge in [0.05, 0.1) is 5.75 Å². The Labute approximate surface area is 191 Å². The second kappa shape index (κ2) is 11.1. The second-order valence-corrected chi connectivity index (χ2v) is 8.70. The van der Waals surface area contributed by atoms with Crippen molar-refractivity contribution in [2.75, 3.05) is 17.3 Å². The van der Waals surface area contributed by atoms with Crippen LogP contribution in [0.25, 0.3) is 0 Å². The van der Waals surface area contributed by atoms with Gasteiger partial charge < -0.3 is 10.1 Å². The molecule has 2 aromatic carbocycles. The number of allylic oxidation sites excluding steroid dienone is 1. The monoisotopic (exact) mass is 454 g/mol. The van der Waals surface area contributed by atoms with Crippen molar-refractivity contribution in [3.8, 4) is 5.75 Å². The van der Waals surface area contributed by atoms with E-state index in [-0.39, 0.29) is 11.7 Å². The molecule has 0 saturated heterocycles. The molecule has 0 aliphatic rings. The van der Waals surface area contributed by atoms with Gasteiger partial charge in [-0.3, -0.25) is 9.36 Å². The molecule has 0 aliphatic carbocycles. The van der Waals surface area contributed by atoms with Crippen LogP contribution in [0, 0.1) is 13.8 Å². The average Bonchev–Trinajstić information content (AvgIpc) is 3.14. The first-order valence-electron chi connectivity index (χ1n) is 9.80. The summed E-state index contributed by atoms with van der Waals surface area (Å²) in [6.45, 7) is 8.70. The maximum atomic E-state index is 12.4. The zero-order valence-electron chi connectivity index (χ0n) is 17.9. The summed E-state index contributed by atoms with van der Waals surface area (Å²) < 4.78 is 7.96. The predicted octanol–water partition coefficient (Wildman–Crippen LogP) is 5.11. The summed E-state index contributed by atoms with van der Waals surface area (Å²) in [6.07, 6.45) is 3.79. The van der Waals surface area contributed by atoms with Crippen molar-refractivity contribution in [2.45, 2.75) is 37.1 Å². The van der Waals surface area contributed by atoms with Gasteiger partial charge in [-0.25, -0.2) is 0 Å². The third-order valence-electron chi connectivity index (χ3n) is 4.55. The molecule has 0 bridgehead atoms. The van der Waals surface area contributed by atoms with Gasteiger partial charge in [0.1, 0.15) is 12.4 Å². The van der Waals surface area contributed by atoms with Crippen LogP contribution in [0.4, 0.5) is 5.69 Å². The van der Waals surface area contributed by atoms with E-state index in [0.717, 1.165) is 27.5 Å². The van der Waals surface area contributed by atoms with Gasteiger partial charge in [-0.2, -0.15) is 0 Å². The third kappa shape index (κ3) is 6.15. The fourth-order valence-electron chi connectivity index (χ4n) is 3.04. The van der Waals surface area contributed by atoms with Crippen molar-refractivity contribution in [1.82, 2.24) is 14.8 Å². The number of carbonyl (C=O) groups excluding carboxylic acids is 1. The molecule has 1 N–H and O–H groups in total. The first-order valence-corrected chi connectivity index (χ1v) is 12.0. The smallest absolute Gasteiger partial charge is 0.234 e. The number of rotatable bonds is 10. The lowest BCUT2D eigenvalue weighted by molar-refractivity contribution is -0.113. The molecular weight excluding hydrogens is 428 g/mol. The van der Waals surface area contributed by atoms with Crippen LogP contribution in [0.5, 0.6) is 5.75 Å². The summed E-state index contributed by atoms with van der Waals surface area (Å²) in [4.78, 5) is 13.5. The Bertz CT molecular complexity index is 1050. The predicted molar refractivity (Wildman–Crippen MR) is 128 cm³/mol. The SMILES string of the molecule is C=CCn1c(COc2c(C)cccc2C)nnc1SCC(=O)Nc1cccc(SC)c1. The van der Waals surface area contributed by atoms with E-state index in [1.54, 1.807) is 17.8 Å². The molecule has 1 amide bonds. The summed E-state index contributed by atoms with van der Waals surface area (Å²) in [5.41, 5.74) is 2.94. The zero-order valence-corrected chi connectivity index (χ0v) is 19.6. The van der Waals surface area contributed by atoms with Crippen LogP contribution in [0.2, 0.25) is 0 Å². The van der Waals surface area contributed by atoms with E-state index < -0.39 is 0 Å². The van der Waals surface area contributed by atoms with Gasteiger partial charge >= 0.3 is 0 Å². The number of hydrogen-bond donors (Lipinski definition) is 1. The normalized spacial score (nSPS) is 10.7. The van der Waals surface area contributed by atoms with Crippen LogP contribution >= 0.6 is 23.5 Å². The van der Waals surface area contributed by atoms with Crippen LogP contribution in [0.1, 0.15) is 17.0 Å². The molecule has 0 atom stereocenters. The van der Waals surface area contributed by atoms with Crippen LogP contribution in [0.15, 0.2) is 65.2 Å². The number of carbonyl (C=O) groups is 1. The van der Waals surface area contributed by atoms with Crippen LogP contribution in [-0.2, 0) is 17.9 Å². The summed E-state index contributed by atoms with van der Waals surface area (Å²) in [6, 6.07) is 13.8. The molecular formula is C23H26N4O2S2. The number of nitrogens with one attached hydrogen (secondary N) is 1. The maximum absolute atomic E-state index is 12.4. The third-order valence-corrected chi connectivity index (χ3v) is 6.24. The molecule has 3 rings (SSSR count). The first kappa shape index (κ1) is 23.0. The Morgan fingerprint density at radius 1 is 1.19 bits per heavy atom. The molecule has 0 saturated carbocycles. The fourth-order valence-corrected chi connectivity index (χ4v) is 4.26. The maximum Gasteiger partial charge on any atom is 0.234 e. The number of thioether (sulfide) groups is 2. The molecule has 0 spiro atoms. The van der Waals surface area contributed by atoms with Crippen molar-refractivity contribution in [3.63, 3.8) is 0 Å². The van der Waals surface area contributed by atoms with Crippen molar-refractivity contribution >= 4 is 35.1 Å². The molecule has 0 aliphatic heterocycles. The lowest BCUT2D eigenvalue weighted by Crippen LogP contribution is -2.15. The Balaban J connectivity index is 1.64. The van der Waals surface area contributed by atoms with Crippen molar-refractivity contribution in [2.24, 2.45) is 0 Å². The van der Waals surface area contributed by atoms with Crippen LogP contribution < -0.4 is 10.1 Å². The number of ether oxygens (including phenoxy) is 1. The van der Waals surface area contributed by atoms with Gasteiger partial charge in [0.2, 0.25) is 5.91 Å². The van der Waals surface area contributed by atoms with Crippen LogP contribution in [0.3, 0.4) is 0 Å². The quantitative estimate of drug-likeness (QED) is 0.339. The number of aryl methyl sites for hydroxylation is 2. The standard InChI is InChI=1S/C23H26N4O2S2/c1-5-12-27-20(14-29-22-16(2)8-6-9-17(22)3)25-26-23(27)31-15-21(28)24-18-10-7-11-19(13-18)30-4/h5-11,13H,1,12,14-15H2,2-4H3,(H,24,28). The van der Waals surface area contributed by atoms with Crippen molar-refractivity contribution in [1.29, 1.82) is 0 Å². The van der Waals surface area contributed by atoms with Gasteiger partial charge in [0.15, 0.2) is 11.0 Å². The molecule has 162 valence electrons. The van der Waals surface area contributed by atoms with E-state index in [4.69, 9.17) is 4.74 Å². The highest BCUT2D eigenvalue weighted by atomic mass is 32.2. The Morgan fingerprint density at radius 3 is 2.65 bits per heavy atom. The lowest BCUT2D eigenvalue weighted by atomic mass is 10.1. The number of hydrogen-bond acceptors (Lipinski definition) is 6. The van der Waals surface area contributed by atoms with Gasteiger partial charge in [0, 0.05) is 17.1 Å². The van der Waals surface area contributed by atoms with Crippen molar-refractivity contribution < 1.29 is 9.53 Å². The van der Waals surface area contributed by atoms with E-state index >= 15 is 0 Å². The fraction of sp³-hybridized carbons (Fsp3) is 0.261. The van der Waals surface area contributed by atoms with Gasteiger partial charge in [-0.15, -0.1) is 28.5 Å². The largest absolute Gasteiger partial charge is 0.485 e. The van der Waals surface area contributed by atoms with E-state index in [1.165, 1.54) is 11.8 Å². The summed E-state index contributed by atoms with van der Waals surface area (Å²) in [5.74, 6) is 1.69. The Morgan fingerprint density at radius 2 is 1.94 bits per heavy atom. The molecule has 0 unspecified atom stereocenters. The molecule has 1 heterocycles. The lowest BCUT2D eigenvalue weighted by Gasteiger charge is -2.12. The number of nitrogens with zero attached hydrogens (tertiary/aromatic N) is 3. The highest BCUT2D eigenvalue weighted by molar-refractivity contribution is 7.99. The molecule has 8 heteroatoms. The minimum atomic E-state index is -0.0928. The van der Waals surface area contributed by atoms with E-state index in [1.807, 2.05) is 67.1 Å². The van der Waals surface area contributed by atoms with Gasteiger partial charge in [0.25, 0.3) is 0 Å². The van der Waals surface area contributed by atoms with Gasteiger partial charge in [-0.1, -0.05) is 42.1 Å². The minimum absolute atomic E-state index is 0.0928. The number of amides is 1. The first-order chi connectivity index (χ1) is 15.0. The number of para-hydroxylation sites is 1. The molecule has 1 aromatic heterocycles. The summed E-state index contributed by atoms with van der Waals surface area (Å²) in [7, 11) is 0. The molecule has 0 radical (unpaired) electrons. The zero-order chi connectivity index (χ0) is 22.2. The summed E-state index contributed by atoms with van der Waals surface area (Å²) in [5, 5.41) is 12.1. The number of benzene rings is 2. The highest BCUT2D eigenvalue weighted by Gasteiger charge is 2.15. The molecule has 3 aromatic rings. The van der Waals surface area contributed by atoms with Crippen molar-refractivity contribution in [3.05, 3.63) is 72.1 Å². The van der Waals surface area contributed by atoms with Gasteiger partial charge in [-0.05, 0) is 49.4 Å². The van der Waals surface area contributed by atoms with Crippen LogP contribution in [-0.4, -0.2) is 32.7 Å². The number of anilines is 1. The Hall–Kier alpha value is -2.71. The second-order valence-electron chi connectivity index (χ2n) is 6.88. The summed E-state index contributed by atoms with van der Waals surface area (Å²) >= 11 is 2.98. The van der Waals surface area contributed by atoms with E-state index in [2.05, 4.69) is 22.1 Å². The molecule has 31 heavy (non-hydrogen) atoms. The minimum Gasteiger partial charge on any atom is -0.485 e. The number of aromatic nitrogens is 3. The molecule has 0 fully saturated rings.